The molecule has 3 rings (SSSR count). The molecular weight excluding hydrogens is 419 g/mol. The summed E-state index contributed by atoms with van der Waals surface area (Å²) >= 11 is 0. The minimum absolute atomic E-state index is 0.124. The fraction of sp³-hybridized carbons (Fsp3) is 0.174. The summed E-state index contributed by atoms with van der Waals surface area (Å²) in [6.07, 6.45) is 0.143. The fourth-order valence-electron chi connectivity index (χ4n) is 2.94. The molecule has 0 spiro atoms. The van der Waals surface area contributed by atoms with E-state index in [1.165, 1.54) is 0 Å². The van der Waals surface area contributed by atoms with Crippen molar-refractivity contribution in [2.45, 2.75) is 24.3 Å². The molecule has 3 aromatic rings. The monoisotopic (exact) mass is 442 g/mol. The molecule has 0 radical (unpaired) electrons. The Morgan fingerprint density at radius 1 is 0.968 bits per heavy atom. The van der Waals surface area contributed by atoms with Crippen LogP contribution in [-0.4, -0.2) is 27.0 Å². The minimum Gasteiger partial charge on any atom is -0.494 e. The molecule has 1 amide bonds. The number of halogens is 1. The molecule has 0 fully saturated rings. The second kappa shape index (κ2) is 10.2. The van der Waals surface area contributed by atoms with Crippen molar-refractivity contribution in [3.05, 3.63) is 90.2 Å². The quantitative estimate of drug-likeness (QED) is 0.529. The molecule has 0 saturated heterocycles. The number of hydrogen-bond acceptors (Lipinski definition) is 4. The van der Waals surface area contributed by atoms with E-state index in [1.54, 1.807) is 24.3 Å². The Kier molecular flexibility index (Phi) is 7.38. The van der Waals surface area contributed by atoms with Crippen molar-refractivity contribution >= 4 is 21.6 Å². The number of anilines is 1. The van der Waals surface area contributed by atoms with Gasteiger partial charge in [-0.25, -0.2) is 12.8 Å². The zero-order valence-electron chi connectivity index (χ0n) is 16.9. The molecule has 1 atom stereocenters. The van der Waals surface area contributed by atoms with Crippen molar-refractivity contribution < 1.29 is 22.3 Å². The van der Waals surface area contributed by atoms with E-state index in [1.807, 2.05) is 37.3 Å². The molecule has 162 valence electrons. The Hall–Kier alpha value is -3.23. The predicted molar refractivity (Wildman–Crippen MR) is 117 cm³/mol. The summed E-state index contributed by atoms with van der Waals surface area (Å²) in [5.41, 5.74) is 1.30. The summed E-state index contributed by atoms with van der Waals surface area (Å²) in [7, 11) is -4.05. The third-order valence-electron chi connectivity index (χ3n) is 4.45. The van der Waals surface area contributed by atoms with Crippen molar-refractivity contribution in [3.8, 4) is 5.75 Å². The van der Waals surface area contributed by atoms with E-state index >= 15 is 0 Å². The number of nitrogens with one attached hydrogen (secondary N) is 2. The highest BCUT2D eigenvalue weighted by molar-refractivity contribution is 7.89. The summed E-state index contributed by atoms with van der Waals surface area (Å²) < 4.78 is 46.6. The molecule has 3 aromatic carbocycles. The molecule has 8 heteroatoms. The Morgan fingerprint density at radius 3 is 2.23 bits per heavy atom. The maximum absolute atomic E-state index is 13.2. The number of ether oxygens (including phenoxy) is 1. The number of hydrogen-bond donors (Lipinski definition) is 2. The first-order chi connectivity index (χ1) is 14.9. The van der Waals surface area contributed by atoms with E-state index in [9.17, 15) is 17.6 Å². The number of carbonyl (C=O) groups is 1. The average Bonchev–Trinajstić information content (AvgIpc) is 2.76. The van der Waals surface area contributed by atoms with Crippen LogP contribution in [0.5, 0.6) is 5.75 Å². The first kappa shape index (κ1) is 22.5. The normalized spacial score (nSPS) is 12.2. The van der Waals surface area contributed by atoms with Crippen LogP contribution in [0.2, 0.25) is 0 Å². The number of benzene rings is 3. The van der Waals surface area contributed by atoms with Gasteiger partial charge in [0.05, 0.1) is 11.5 Å². The van der Waals surface area contributed by atoms with E-state index in [0.717, 1.165) is 29.8 Å². The van der Waals surface area contributed by atoms with Crippen molar-refractivity contribution in [2.24, 2.45) is 0 Å². The molecule has 0 heterocycles. The Bertz CT molecular complexity index is 1100. The van der Waals surface area contributed by atoms with Gasteiger partial charge in [-0.05, 0) is 67.4 Å². The highest BCUT2D eigenvalue weighted by Crippen LogP contribution is 2.17. The van der Waals surface area contributed by atoms with E-state index in [2.05, 4.69) is 10.0 Å². The summed E-state index contributed by atoms with van der Waals surface area (Å²) in [6.45, 7) is 2.40. The summed E-state index contributed by atoms with van der Waals surface area (Å²) in [6, 6.07) is 19.2. The second-order valence-corrected chi connectivity index (χ2v) is 8.48. The molecule has 0 unspecified atom stereocenters. The van der Waals surface area contributed by atoms with E-state index in [4.69, 9.17) is 4.74 Å². The lowest BCUT2D eigenvalue weighted by Crippen LogP contribution is -2.45. The van der Waals surface area contributed by atoms with Gasteiger partial charge in [-0.2, -0.15) is 4.72 Å². The third-order valence-corrected chi connectivity index (χ3v) is 5.94. The van der Waals surface area contributed by atoms with Gasteiger partial charge >= 0.3 is 0 Å². The molecular formula is C23H23FN2O4S. The summed E-state index contributed by atoms with van der Waals surface area (Å²) in [5, 5.41) is 2.73. The van der Waals surface area contributed by atoms with E-state index < -0.39 is 27.8 Å². The zero-order valence-corrected chi connectivity index (χ0v) is 17.7. The van der Waals surface area contributed by atoms with Crippen LogP contribution < -0.4 is 14.8 Å². The molecule has 0 bridgehead atoms. The first-order valence-electron chi connectivity index (χ1n) is 9.73. The summed E-state index contributed by atoms with van der Waals surface area (Å²) in [5.74, 6) is -0.398. The molecule has 0 aliphatic carbocycles. The van der Waals surface area contributed by atoms with Crippen LogP contribution in [0.3, 0.4) is 0 Å². The highest BCUT2D eigenvalue weighted by atomic mass is 32.2. The fourth-order valence-corrected chi connectivity index (χ4v) is 4.13. The number of carbonyl (C=O) groups excluding carboxylic acids is 1. The predicted octanol–water partition coefficient (Wildman–Crippen LogP) is 3.75. The van der Waals surface area contributed by atoms with Crippen LogP contribution >= 0.6 is 0 Å². The maximum Gasteiger partial charge on any atom is 0.242 e. The van der Waals surface area contributed by atoms with Crippen LogP contribution in [-0.2, 0) is 21.2 Å². The average molecular weight is 443 g/mol. The van der Waals surface area contributed by atoms with Crippen LogP contribution in [0.1, 0.15) is 12.5 Å². The lowest BCUT2D eigenvalue weighted by Gasteiger charge is -2.19. The maximum atomic E-state index is 13.2. The van der Waals surface area contributed by atoms with E-state index in [0.29, 0.717) is 18.0 Å². The largest absolute Gasteiger partial charge is 0.494 e. The van der Waals surface area contributed by atoms with Gasteiger partial charge in [-0.15, -0.1) is 0 Å². The third kappa shape index (κ3) is 6.37. The van der Waals surface area contributed by atoms with Crippen molar-refractivity contribution in [1.29, 1.82) is 0 Å². The van der Waals surface area contributed by atoms with Gasteiger partial charge in [0.1, 0.15) is 17.6 Å². The van der Waals surface area contributed by atoms with Crippen LogP contribution in [0.15, 0.2) is 83.8 Å². The lowest BCUT2D eigenvalue weighted by molar-refractivity contribution is -0.117. The lowest BCUT2D eigenvalue weighted by atomic mass is 10.1. The van der Waals surface area contributed by atoms with Gasteiger partial charge in [0, 0.05) is 5.69 Å². The van der Waals surface area contributed by atoms with Crippen molar-refractivity contribution in [1.82, 2.24) is 4.72 Å². The molecule has 6 nitrogen and oxygen atoms in total. The first-order valence-corrected chi connectivity index (χ1v) is 11.2. The van der Waals surface area contributed by atoms with Gasteiger partial charge in [-0.1, -0.05) is 30.3 Å². The minimum atomic E-state index is -4.05. The summed E-state index contributed by atoms with van der Waals surface area (Å²) in [4.78, 5) is 12.8. The van der Waals surface area contributed by atoms with Gasteiger partial charge in [0.15, 0.2) is 0 Å². The van der Waals surface area contributed by atoms with Crippen molar-refractivity contribution in [2.75, 3.05) is 11.9 Å². The second-order valence-electron chi connectivity index (χ2n) is 6.76. The number of sulfonamides is 1. The Morgan fingerprint density at radius 2 is 1.61 bits per heavy atom. The van der Waals surface area contributed by atoms with Crippen LogP contribution in [0.25, 0.3) is 0 Å². The van der Waals surface area contributed by atoms with Crippen LogP contribution in [0, 0.1) is 5.82 Å². The van der Waals surface area contributed by atoms with Gasteiger partial charge in [0.2, 0.25) is 15.9 Å². The molecule has 0 aliphatic heterocycles. The molecule has 0 aliphatic rings. The molecule has 0 aromatic heterocycles. The topological polar surface area (TPSA) is 84.5 Å². The van der Waals surface area contributed by atoms with Gasteiger partial charge in [-0.3, -0.25) is 4.79 Å². The smallest absolute Gasteiger partial charge is 0.242 e. The molecule has 0 saturated carbocycles. The zero-order chi connectivity index (χ0) is 22.3. The number of rotatable bonds is 9. The Balaban J connectivity index is 1.81. The molecule has 2 N–H and O–H groups in total. The van der Waals surface area contributed by atoms with Gasteiger partial charge in [0.25, 0.3) is 0 Å². The number of amides is 1. The van der Waals surface area contributed by atoms with Crippen molar-refractivity contribution in [3.63, 3.8) is 0 Å². The molecule has 31 heavy (non-hydrogen) atoms. The van der Waals surface area contributed by atoms with Crippen LogP contribution in [0.4, 0.5) is 10.1 Å². The van der Waals surface area contributed by atoms with E-state index in [-0.39, 0.29) is 11.3 Å². The standard InChI is InChI=1S/C23H23FN2O4S/c1-2-30-20-12-10-19(11-13-20)25-23(27)22(16-17-6-4-3-5-7-17)26-31(28,29)21-14-8-18(24)9-15-21/h3-15,22,26H,2,16H2,1H3,(H,25,27)/t22-/m0/s1. The SMILES string of the molecule is CCOc1ccc(NC(=O)[C@H](Cc2ccccc2)NS(=O)(=O)c2ccc(F)cc2)cc1. The Labute approximate surface area is 181 Å². The van der Waals surface area contributed by atoms with Gasteiger partial charge < -0.3 is 10.1 Å². The highest BCUT2D eigenvalue weighted by Gasteiger charge is 2.26.